The topological polar surface area (TPSA) is 78.6 Å². The van der Waals surface area contributed by atoms with E-state index in [-0.39, 0.29) is 36.6 Å². The van der Waals surface area contributed by atoms with Crippen molar-refractivity contribution in [2.24, 2.45) is 11.3 Å². The van der Waals surface area contributed by atoms with Crippen LogP contribution in [0, 0.1) is 25.2 Å². The van der Waals surface area contributed by atoms with E-state index in [1.54, 1.807) is 0 Å². The van der Waals surface area contributed by atoms with Crippen LogP contribution in [0.1, 0.15) is 29.9 Å². The van der Waals surface area contributed by atoms with Crippen LogP contribution in [0.25, 0.3) is 0 Å². The molecule has 0 amide bonds. The summed E-state index contributed by atoms with van der Waals surface area (Å²) in [4.78, 5) is 13.3. The summed E-state index contributed by atoms with van der Waals surface area (Å²) >= 11 is 0. The minimum Gasteiger partial charge on any atom is -0.481 e. The fourth-order valence-electron chi connectivity index (χ4n) is 3.92. The Morgan fingerprint density at radius 3 is 2.83 bits per heavy atom. The van der Waals surface area contributed by atoms with Gasteiger partial charge in [-0.15, -0.1) is 24.8 Å². The van der Waals surface area contributed by atoms with Gasteiger partial charge < -0.3 is 14.9 Å². The van der Waals surface area contributed by atoms with Gasteiger partial charge in [0.25, 0.3) is 0 Å². The van der Waals surface area contributed by atoms with E-state index in [4.69, 9.17) is 9.63 Å². The van der Waals surface area contributed by atoms with Crippen molar-refractivity contribution in [1.29, 1.82) is 0 Å². The van der Waals surface area contributed by atoms with Crippen molar-refractivity contribution in [3.8, 4) is 0 Å². The smallest absolute Gasteiger partial charge is 0.303 e. The molecule has 2 unspecified atom stereocenters. The molecule has 2 N–H and O–H groups in total. The van der Waals surface area contributed by atoms with Crippen molar-refractivity contribution in [1.82, 2.24) is 15.4 Å². The quantitative estimate of drug-likeness (QED) is 0.830. The van der Waals surface area contributed by atoms with Gasteiger partial charge in [-0.05, 0) is 32.7 Å². The first-order chi connectivity index (χ1) is 10.00. The van der Waals surface area contributed by atoms with Crippen LogP contribution in [0.2, 0.25) is 0 Å². The summed E-state index contributed by atoms with van der Waals surface area (Å²) in [5, 5.41) is 16.4. The molecule has 3 heterocycles. The van der Waals surface area contributed by atoms with E-state index in [2.05, 4.69) is 15.4 Å². The number of rotatable bonds is 5. The molecular weight excluding hydrogens is 341 g/mol. The van der Waals surface area contributed by atoms with Crippen molar-refractivity contribution in [3.63, 3.8) is 0 Å². The molecule has 23 heavy (non-hydrogen) atoms. The zero-order valence-corrected chi connectivity index (χ0v) is 15.1. The number of halogens is 2. The number of aromatic nitrogens is 1. The van der Waals surface area contributed by atoms with Crippen LogP contribution in [-0.2, 0) is 11.3 Å². The highest BCUT2D eigenvalue weighted by Gasteiger charge is 2.49. The van der Waals surface area contributed by atoms with E-state index in [1.165, 1.54) is 5.56 Å². The fourth-order valence-corrected chi connectivity index (χ4v) is 3.92. The minimum atomic E-state index is -0.695. The molecule has 0 bridgehead atoms. The number of carboxylic acids is 1. The molecule has 0 spiro atoms. The number of hydrogen-bond donors (Lipinski definition) is 2. The maximum absolute atomic E-state index is 10.9. The second-order valence-corrected chi connectivity index (χ2v) is 6.56. The zero-order valence-electron chi connectivity index (χ0n) is 13.5. The largest absolute Gasteiger partial charge is 0.481 e. The molecule has 2 aliphatic heterocycles. The number of likely N-dealkylation sites (tertiary alicyclic amines) is 1. The Labute approximate surface area is 148 Å². The van der Waals surface area contributed by atoms with Gasteiger partial charge in [0.1, 0.15) is 5.76 Å². The summed E-state index contributed by atoms with van der Waals surface area (Å²) in [6, 6.07) is 0. The van der Waals surface area contributed by atoms with Gasteiger partial charge in [0, 0.05) is 43.6 Å². The predicted molar refractivity (Wildman–Crippen MR) is 91.4 cm³/mol. The third kappa shape index (κ3) is 3.99. The standard InChI is InChI=1S/C15H23N3O3.2ClH/c1-10-13(11(2)21-17-10)7-18-6-12-5-16-8-15(12,9-18)4-3-14(19)20;;/h12,16H,3-9H2,1-2H3,(H,19,20);2*1H. The maximum Gasteiger partial charge on any atom is 0.303 e. The molecule has 1 aromatic heterocycles. The van der Waals surface area contributed by atoms with Crippen LogP contribution in [0.3, 0.4) is 0 Å². The van der Waals surface area contributed by atoms with Gasteiger partial charge in [-0.1, -0.05) is 5.16 Å². The molecule has 2 atom stereocenters. The minimum absolute atomic E-state index is 0. The van der Waals surface area contributed by atoms with Gasteiger partial charge in [-0.2, -0.15) is 0 Å². The maximum atomic E-state index is 10.9. The highest BCUT2D eigenvalue weighted by atomic mass is 35.5. The molecule has 0 radical (unpaired) electrons. The van der Waals surface area contributed by atoms with E-state index in [9.17, 15) is 4.79 Å². The zero-order chi connectivity index (χ0) is 15.0. The van der Waals surface area contributed by atoms with Gasteiger partial charge in [0.2, 0.25) is 0 Å². The van der Waals surface area contributed by atoms with Crippen molar-refractivity contribution < 1.29 is 14.4 Å². The normalized spacial score (nSPS) is 26.4. The average molecular weight is 366 g/mol. The molecule has 0 aromatic carbocycles. The first kappa shape index (κ1) is 20.2. The summed E-state index contributed by atoms with van der Waals surface area (Å²) in [5.41, 5.74) is 2.26. The Hall–Kier alpha value is -0.820. The third-order valence-corrected chi connectivity index (χ3v) is 5.15. The summed E-state index contributed by atoms with van der Waals surface area (Å²) in [6.45, 7) is 8.70. The molecule has 2 aliphatic rings. The van der Waals surface area contributed by atoms with E-state index in [1.807, 2.05) is 13.8 Å². The summed E-state index contributed by atoms with van der Waals surface area (Å²) in [6.07, 6.45) is 1.02. The molecule has 1 aromatic rings. The van der Waals surface area contributed by atoms with Gasteiger partial charge in [0.05, 0.1) is 5.69 Å². The van der Waals surface area contributed by atoms with Gasteiger partial charge in [-0.3, -0.25) is 9.69 Å². The van der Waals surface area contributed by atoms with Crippen LogP contribution in [0.15, 0.2) is 4.52 Å². The van der Waals surface area contributed by atoms with E-state index < -0.39 is 5.97 Å². The number of carbonyl (C=O) groups is 1. The molecule has 132 valence electrons. The fraction of sp³-hybridized carbons (Fsp3) is 0.733. The lowest BCUT2D eigenvalue weighted by Gasteiger charge is -2.27. The molecule has 2 fully saturated rings. The lowest BCUT2D eigenvalue weighted by atomic mass is 9.77. The molecule has 0 saturated carbocycles. The highest BCUT2D eigenvalue weighted by Crippen LogP contribution is 2.43. The van der Waals surface area contributed by atoms with Crippen molar-refractivity contribution >= 4 is 30.8 Å². The van der Waals surface area contributed by atoms with Crippen LogP contribution < -0.4 is 5.32 Å². The van der Waals surface area contributed by atoms with Gasteiger partial charge in [-0.25, -0.2) is 0 Å². The summed E-state index contributed by atoms with van der Waals surface area (Å²) < 4.78 is 5.24. The number of hydrogen-bond acceptors (Lipinski definition) is 5. The lowest BCUT2D eigenvalue weighted by Crippen LogP contribution is -2.33. The number of aryl methyl sites for hydroxylation is 2. The molecule has 2 saturated heterocycles. The Morgan fingerprint density at radius 2 is 2.22 bits per heavy atom. The Kier molecular flexibility index (Phi) is 6.89. The van der Waals surface area contributed by atoms with Gasteiger partial charge in [0.15, 0.2) is 0 Å². The number of fused-ring (bicyclic) bond motifs is 1. The molecule has 0 aliphatic carbocycles. The SMILES string of the molecule is Cc1noc(C)c1CN1CC2CNCC2(CCC(=O)O)C1.Cl.Cl. The Bertz CT molecular complexity index is 533. The number of aliphatic carboxylic acids is 1. The van der Waals surface area contributed by atoms with Crippen LogP contribution in [-0.4, -0.2) is 47.3 Å². The van der Waals surface area contributed by atoms with E-state index >= 15 is 0 Å². The first-order valence-electron chi connectivity index (χ1n) is 7.57. The summed E-state index contributed by atoms with van der Waals surface area (Å²) in [5.74, 6) is 0.749. The van der Waals surface area contributed by atoms with Crippen molar-refractivity contribution in [2.75, 3.05) is 26.2 Å². The number of nitrogens with zero attached hydrogens (tertiary/aromatic N) is 2. The Morgan fingerprint density at radius 1 is 1.48 bits per heavy atom. The summed E-state index contributed by atoms with van der Waals surface area (Å²) in [7, 11) is 0. The second-order valence-electron chi connectivity index (χ2n) is 6.56. The van der Waals surface area contributed by atoms with Crippen molar-refractivity contribution in [2.45, 2.75) is 33.2 Å². The Balaban J connectivity index is 0.00000132. The second kappa shape index (κ2) is 7.83. The number of nitrogens with one attached hydrogen (secondary N) is 1. The molecule has 6 nitrogen and oxygen atoms in total. The first-order valence-corrected chi connectivity index (χ1v) is 7.57. The molecular formula is C15H25Cl2N3O3. The molecule has 3 rings (SSSR count). The van der Waals surface area contributed by atoms with E-state index in [0.29, 0.717) is 5.92 Å². The van der Waals surface area contributed by atoms with Crippen LogP contribution in [0.5, 0.6) is 0 Å². The predicted octanol–water partition coefficient (Wildman–Crippen LogP) is 2.02. The average Bonchev–Trinajstić information content (AvgIpc) is 3.04. The van der Waals surface area contributed by atoms with Crippen LogP contribution >= 0.6 is 24.8 Å². The number of carboxylic acid groups (broad SMARTS) is 1. The van der Waals surface area contributed by atoms with Crippen LogP contribution in [0.4, 0.5) is 0 Å². The van der Waals surface area contributed by atoms with Crippen molar-refractivity contribution in [3.05, 3.63) is 17.0 Å². The monoisotopic (exact) mass is 365 g/mol. The third-order valence-electron chi connectivity index (χ3n) is 5.15. The van der Waals surface area contributed by atoms with E-state index in [0.717, 1.165) is 50.6 Å². The lowest BCUT2D eigenvalue weighted by molar-refractivity contribution is -0.137. The molecule has 8 heteroatoms. The highest BCUT2D eigenvalue weighted by molar-refractivity contribution is 5.85. The van der Waals surface area contributed by atoms with Gasteiger partial charge >= 0.3 is 5.97 Å².